The molecule has 2 saturated carbocycles. The third-order valence-corrected chi connectivity index (χ3v) is 6.15. The molecule has 4 heteroatoms. The first-order valence-corrected chi connectivity index (χ1v) is 8.68. The molecule has 0 bridgehead atoms. The Balaban J connectivity index is 1.74. The molecule has 0 spiro atoms. The number of thiophene rings is 1. The molecule has 0 aliphatic heterocycles. The van der Waals surface area contributed by atoms with E-state index in [4.69, 9.17) is 5.73 Å². The summed E-state index contributed by atoms with van der Waals surface area (Å²) >= 11 is 1.76. The summed E-state index contributed by atoms with van der Waals surface area (Å²) in [6.45, 7) is 0.487. The molecule has 2 fully saturated rings. The van der Waals surface area contributed by atoms with E-state index in [-0.39, 0.29) is 17.4 Å². The maximum Gasteiger partial charge on any atom is 0.228 e. The standard InChI is InChI=1S/C16H24N2OS/c17-11-16(8-4-9-16)15(19)18-14(12-5-1-2-6-12)13-7-3-10-20-13/h3,7,10,12,14H,1-2,4-6,8-9,11,17H2,(H,18,19). The van der Waals surface area contributed by atoms with Crippen LogP contribution in [0.15, 0.2) is 17.5 Å². The van der Waals surface area contributed by atoms with Crippen molar-refractivity contribution in [3.8, 4) is 0 Å². The van der Waals surface area contributed by atoms with E-state index in [2.05, 4.69) is 22.8 Å². The van der Waals surface area contributed by atoms with Crippen LogP contribution in [0.2, 0.25) is 0 Å². The largest absolute Gasteiger partial charge is 0.348 e. The summed E-state index contributed by atoms with van der Waals surface area (Å²) < 4.78 is 0. The highest BCUT2D eigenvalue weighted by molar-refractivity contribution is 7.10. The summed E-state index contributed by atoms with van der Waals surface area (Å²) in [7, 11) is 0. The lowest BCUT2D eigenvalue weighted by atomic mass is 9.68. The fourth-order valence-corrected chi connectivity index (χ4v) is 4.47. The second-order valence-electron chi connectivity index (χ2n) is 6.35. The molecule has 2 aliphatic carbocycles. The number of nitrogens with two attached hydrogens (primary N) is 1. The summed E-state index contributed by atoms with van der Waals surface area (Å²) in [4.78, 5) is 14.0. The second kappa shape index (κ2) is 5.86. The van der Waals surface area contributed by atoms with E-state index in [0.29, 0.717) is 12.5 Å². The zero-order chi connectivity index (χ0) is 14.0. The lowest BCUT2D eigenvalue weighted by molar-refractivity contribution is -0.136. The van der Waals surface area contributed by atoms with Gasteiger partial charge in [-0.1, -0.05) is 25.3 Å². The van der Waals surface area contributed by atoms with Gasteiger partial charge in [-0.15, -0.1) is 11.3 Å². The van der Waals surface area contributed by atoms with E-state index in [0.717, 1.165) is 19.3 Å². The molecule has 1 aromatic heterocycles. The zero-order valence-electron chi connectivity index (χ0n) is 11.9. The smallest absolute Gasteiger partial charge is 0.228 e. The Morgan fingerprint density at radius 2 is 2.15 bits per heavy atom. The summed E-state index contributed by atoms with van der Waals surface area (Å²) in [5.74, 6) is 0.795. The Kier molecular flexibility index (Phi) is 4.13. The van der Waals surface area contributed by atoms with Crippen LogP contribution in [0, 0.1) is 11.3 Å². The predicted octanol–water partition coefficient (Wildman–Crippen LogP) is 3.22. The normalized spacial score (nSPS) is 23.2. The van der Waals surface area contributed by atoms with Crippen LogP contribution in [-0.2, 0) is 4.79 Å². The number of carbonyl (C=O) groups is 1. The highest BCUT2D eigenvalue weighted by atomic mass is 32.1. The van der Waals surface area contributed by atoms with Crippen LogP contribution in [0.4, 0.5) is 0 Å². The first-order chi connectivity index (χ1) is 9.75. The fourth-order valence-electron chi connectivity index (χ4n) is 3.60. The van der Waals surface area contributed by atoms with E-state index < -0.39 is 0 Å². The first kappa shape index (κ1) is 14.1. The fraction of sp³-hybridized carbons (Fsp3) is 0.688. The van der Waals surface area contributed by atoms with Crippen LogP contribution >= 0.6 is 11.3 Å². The highest BCUT2D eigenvalue weighted by Gasteiger charge is 2.44. The zero-order valence-corrected chi connectivity index (χ0v) is 12.8. The molecule has 0 radical (unpaired) electrons. The minimum atomic E-state index is -0.270. The van der Waals surface area contributed by atoms with Gasteiger partial charge in [0.25, 0.3) is 0 Å². The van der Waals surface area contributed by atoms with Gasteiger partial charge in [-0.2, -0.15) is 0 Å². The number of hydrogen-bond donors (Lipinski definition) is 2. The second-order valence-corrected chi connectivity index (χ2v) is 7.33. The lowest BCUT2D eigenvalue weighted by Gasteiger charge is -2.40. The van der Waals surface area contributed by atoms with Crippen molar-refractivity contribution in [1.29, 1.82) is 0 Å². The molecule has 20 heavy (non-hydrogen) atoms. The summed E-state index contributed by atoms with van der Waals surface area (Å²) in [5, 5.41) is 5.45. The Morgan fingerprint density at radius 3 is 2.65 bits per heavy atom. The number of amides is 1. The van der Waals surface area contributed by atoms with Crippen LogP contribution in [0.25, 0.3) is 0 Å². The van der Waals surface area contributed by atoms with Crippen molar-refractivity contribution in [2.45, 2.75) is 51.0 Å². The van der Waals surface area contributed by atoms with Crippen LogP contribution in [-0.4, -0.2) is 12.5 Å². The molecule has 3 rings (SSSR count). The third-order valence-electron chi connectivity index (χ3n) is 5.19. The average molecular weight is 292 g/mol. The predicted molar refractivity (Wildman–Crippen MR) is 82.5 cm³/mol. The van der Waals surface area contributed by atoms with Crippen LogP contribution < -0.4 is 11.1 Å². The molecule has 3 N–H and O–H groups in total. The van der Waals surface area contributed by atoms with Gasteiger partial charge in [-0.3, -0.25) is 4.79 Å². The van der Waals surface area contributed by atoms with Gasteiger partial charge in [0.05, 0.1) is 11.5 Å². The molecule has 3 nitrogen and oxygen atoms in total. The van der Waals surface area contributed by atoms with E-state index in [1.807, 2.05) is 0 Å². The summed E-state index contributed by atoms with van der Waals surface area (Å²) in [6.07, 6.45) is 8.11. The number of hydrogen-bond acceptors (Lipinski definition) is 3. The van der Waals surface area contributed by atoms with Crippen molar-refractivity contribution in [3.63, 3.8) is 0 Å². The summed E-state index contributed by atoms with van der Waals surface area (Å²) in [6, 6.07) is 4.44. The molecular weight excluding hydrogens is 268 g/mol. The maximum absolute atomic E-state index is 12.7. The summed E-state index contributed by atoms with van der Waals surface area (Å²) in [5.41, 5.74) is 5.59. The van der Waals surface area contributed by atoms with Gasteiger partial charge in [0, 0.05) is 11.4 Å². The van der Waals surface area contributed by atoms with Gasteiger partial charge < -0.3 is 11.1 Å². The Hall–Kier alpha value is -0.870. The molecule has 0 aromatic carbocycles. The Labute approximate surface area is 124 Å². The van der Waals surface area contributed by atoms with E-state index in [1.54, 1.807) is 11.3 Å². The minimum Gasteiger partial charge on any atom is -0.348 e. The van der Waals surface area contributed by atoms with Gasteiger partial charge in [0.2, 0.25) is 5.91 Å². The van der Waals surface area contributed by atoms with E-state index in [9.17, 15) is 4.79 Å². The number of rotatable bonds is 5. The van der Waals surface area contributed by atoms with Gasteiger partial charge >= 0.3 is 0 Å². The monoisotopic (exact) mass is 292 g/mol. The molecule has 1 atom stereocenters. The first-order valence-electron chi connectivity index (χ1n) is 7.80. The van der Waals surface area contributed by atoms with Gasteiger partial charge in [0.1, 0.15) is 0 Å². The number of nitrogens with one attached hydrogen (secondary N) is 1. The van der Waals surface area contributed by atoms with Crippen molar-refractivity contribution in [3.05, 3.63) is 22.4 Å². The quantitative estimate of drug-likeness (QED) is 0.875. The minimum absolute atomic E-state index is 0.191. The molecule has 2 aliphatic rings. The maximum atomic E-state index is 12.7. The van der Waals surface area contributed by atoms with E-state index in [1.165, 1.54) is 30.6 Å². The van der Waals surface area contributed by atoms with Gasteiger partial charge in [0.15, 0.2) is 0 Å². The van der Waals surface area contributed by atoms with Crippen molar-refractivity contribution in [2.75, 3.05) is 6.54 Å². The van der Waals surface area contributed by atoms with Crippen LogP contribution in [0.5, 0.6) is 0 Å². The molecule has 0 saturated heterocycles. The molecule has 1 heterocycles. The van der Waals surface area contributed by atoms with Crippen molar-refractivity contribution in [1.82, 2.24) is 5.32 Å². The lowest BCUT2D eigenvalue weighted by Crippen LogP contribution is -2.51. The molecule has 110 valence electrons. The van der Waals surface area contributed by atoms with Crippen molar-refractivity contribution >= 4 is 17.2 Å². The molecule has 1 amide bonds. The van der Waals surface area contributed by atoms with E-state index >= 15 is 0 Å². The topological polar surface area (TPSA) is 55.1 Å². The van der Waals surface area contributed by atoms with Crippen LogP contribution in [0.3, 0.4) is 0 Å². The highest BCUT2D eigenvalue weighted by Crippen LogP contribution is 2.42. The third kappa shape index (κ3) is 2.51. The Bertz CT molecular complexity index is 442. The van der Waals surface area contributed by atoms with Gasteiger partial charge in [-0.25, -0.2) is 0 Å². The van der Waals surface area contributed by atoms with Crippen molar-refractivity contribution < 1.29 is 4.79 Å². The molecular formula is C16H24N2OS. The molecule has 1 aromatic rings. The average Bonchev–Trinajstić information content (AvgIpc) is 3.09. The number of carbonyl (C=O) groups excluding carboxylic acids is 1. The van der Waals surface area contributed by atoms with Crippen molar-refractivity contribution in [2.24, 2.45) is 17.1 Å². The SMILES string of the molecule is NCC1(C(=O)NC(c2cccs2)C2CCCC2)CCC1. The molecule has 1 unspecified atom stereocenters. The van der Waals surface area contributed by atoms with Gasteiger partial charge in [-0.05, 0) is 43.0 Å². The van der Waals surface area contributed by atoms with Crippen LogP contribution in [0.1, 0.15) is 55.9 Å². The Morgan fingerprint density at radius 1 is 1.40 bits per heavy atom.